The molecule has 6 nitrogen and oxygen atoms in total. The van der Waals surface area contributed by atoms with Crippen LogP contribution in [0.1, 0.15) is 30.0 Å². The Morgan fingerprint density at radius 3 is 2.62 bits per heavy atom. The number of carboxylic acid groups (broad SMARTS) is 1. The molecule has 112 valence electrons. The van der Waals surface area contributed by atoms with E-state index in [-0.39, 0.29) is 11.6 Å². The van der Waals surface area contributed by atoms with Gasteiger partial charge in [0, 0.05) is 6.20 Å². The van der Waals surface area contributed by atoms with Crippen molar-refractivity contribution in [3.8, 4) is 0 Å². The van der Waals surface area contributed by atoms with E-state index in [1.54, 1.807) is 20.8 Å². The SMILES string of the molecule is Cc1nc2ccc(F)cn2c1C(=O)NC(C(=O)O)C(C)C. The first-order valence-corrected chi connectivity index (χ1v) is 6.49. The Hall–Kier alpha value is -2.44. The van der Waals surface area contributed by atoms with Crippen molar-refractivity contribution in [3.63, 3.8) is 0 Å². The number of carbonyl (C=O) groups excluding carboxylic acids is 1. The molecule has 1 atom stereocenters. The number of nitrogens with zero attached hydrogens (tertiary/aromatic N) is 2. The second kappa shape index (κ2) is 5.51. The summed E-state index contributed by atoms with van der Waals surface area (Å²) in [5.74, 6) is -2.49. The van der Waals surface area contributed by atoms with Crippen molar-refractivity contribution in [2.75, 3.05) is 0 Å². The topological polar surface area (TPSA) is 83.7 Å². The van der Waals surface area contributed by atoms with E-state index in [2.05, 4.69) is 10.3 Å². The van der Waals surface area contributed by atoms with E-state index in [9.17, 15) is 14.0 Å². The van der Waals surface area contributed by atoms with E-state index in [0.717, 1.165) is 6.20 Å². The van der Waals surface area contributed by atoms with Gasteiger partial charge in [0.1, 0.15) is 23.2 Å². The number of amides is 1. The van der Waals surface area contributed by atoms with E-state index in [4.69, 9.17) is 5.11 Å². The highest BCUT2D eigenvalue weighted by molar-refractivity contribution is 5.97. The maximum atomic E-state index is 13.3. The number of hydrogen-bond acceptors (Lipinski definition) is 3. The van der Waals surface area contributed by atoms with Crippen molar-refractivity contribution in [1.29, 1.82) is 0 Å². The second-order valence-corrected chi connectivity index (χ2v) is 5.15. The van der Waals surface area contributed by atoms with Crippen LogP contribution in [-0.4, -0.2) is 32.4 Å². The Morgan fingerprint density at radius 1 is 1.38 bits per heavy atom. The quantitative estimate of drug-likeness (QED) is 0.897. The van der Waals surface area contributed by atoms with E-state index in [1.165, 1.54) is 16.5 Å². The first-order valence-electron chi connectivity index (χ1n) is 6.49. The van der Waals surface area contributed by atoms with Crippen LogP contribution in [0.3, 0.4) is 0 Å². The molecule has 7 heteroatoms. The molecule has 0 saturated carbocycles. The van der Waals surface area contributed by atoms with Gasteiger partial charge in [0.15, 0.2) is 0 Å². The molecular formula is C14H16FN3O3. The summed E-state index contributed by atoms with van der Waals surface area (Å²) in [5.41, 5.74) is 0.970. The summed E-state index contributed by atoms with van der Waals surface area (Å²) in [6.45, 7) is 5.01. The Labute approximate surface area is 120 Å². The van der Waals surface area contributed by atoms with Crippen molar-refractivity contribution in [2.24, 2.45) is 5.92 Å². The normalized spacial score (nSPS) is 12.6. The zero-order valence-electron chi connectivity index (χ0n) is 11.9. The summed E-state index contributed by atoms with van der Waals surface area (Å²) in [6.07, 6.45) is 1.15. The molecule has 0 aromatic carbocycles. The largest absolute Gasteiger partial charge is 0.480 e. The van der Waals surface area contributed by atoms with Gasteiger partial charge in [-0.25, -0.2) is 14.2 Å². The number of halogens is 1. The van der Waals surface area contributed by atoms with Gasteiger partial charge in [0.2, 0.25) is 0 Å². The van der Waals surface area contributed by atoms with E-state index >= 15 is 0 Å². The van der Waals surface area contributed by atoms with Crippen molar-refractivity contribution in [1.82, 2.24) is 14.7 Å². The first-order chi connectivity index (χ1) is 9.81. The van der Waals surface area contributed by atoms with Crippen LogP contribution in [0.4, 0.5) is 4.39 Å². The molecule has 2 heterocycles. The standard InChI is InChI=1S/C14H16FN3O3/c1-7(2)11(14(20)21)17-13(19)12-8(3)16-10-5-4-9(15)6-18(10)12/h4-7,11H,1-3H3,(H,17,19)(H,20,21). The maximum absolute atomic E-state index is 13.3. The Morgan fingerprint density at radius 2 is 2.05 bits per heavy atom. The van der Waals surface area contributed by atoms with Crippen LogP contribution >= 0.6 is 0 Å². The molecule has 0 aliphatic rings. The van der Waals surface area contributed by atoms with Gasteiger partial charge in [0.05, 0.1) is 5.69 Å². The predicted molar refractivity (Wildman–Crippen MR) is 73.6 cm³/mol. The fourth-order valence-electron chi connectivity index (χ4n) is 2.13. The fraction of sp³-hybridized carbons (Fsp3) is 0.357. The van der Waals surface area contributed by atoms with Crippen LogP contribution < -0.4 is 5.32 Å². The lowest BCUT2D eigenvalue weighted by Crippen LogP contribution is -2.44. The molecule has 0 spiro atoms. The van der Waals surface area contributed by atoms with Crippen LogP contribution in [-0.2, 0) is 4.79 Å². The number of imidazole rings is 1. The predicted octanol–water partition coefficient (Wildman–Crippen LogP) is 1.62. The van der Waals surface area contributed by atoms with Crippen molar-refractivity contribution in [2.45, 2.75) is 26.8 Å². The zero-order valence-corrected chi connectivity index (χ0v) is 11.9. The molecule has 0 radical (unpaired) electrons. The van der Waals surface area contributed by atoms with Gasteiger partial charge in [-0.1, -0.05) is 13.8 Å². The molecule has 2 aromatic rings. The summed E-state index contributed by atoms with van der Waals surface area (Å²) in [4.78, 5) is 27.6. The van der Waals surface area contributed by atoms with Crippen LogP contribution in [0.2, 0.25) is 0 Å². The highest BCUT2D eigenvalue weighted by Crippen LogP contribution is 2.14. The monoisotopic (exact) mass is 293 g/mol. The lowest BCUT2D eigenvalue weighted by Gasteiger charge is -2.17. The molecule has 0 aliphatic heterocycles. The van der Waals surface area contributed by atoms with Gasteiger partial charge in [-0.3, -0.25) is 9.20 Å². The van der Waals surface area contributed by atoms with Gasteiger partial charge in [-0.15, -0.1) is 0 Å². The highest BCUT2D eigenvalue weighted by atomic mass is 19.1. The van der Waals surface area contributed by atoms with Crippen LogP contribution in [0.5, 0.6) is 0 Å². The Bertz CT molecular complexity index is 709. The summed E-state index contributed by atoms with van der Waals surface area (Å²) < 4.78 is 14.7. The Balaban J connectivity index is 2.41. The number of pyridine rings is 1. The smallest absolute Gasteiger partial charge is 0.326 e. The number of aliphatic carboxylic acids is 1. The number of fused-ring (bicyclic) bond motifs is 1. The molecular weight excluding hydrogens is 277 g/mol. The first kappa shape index (κ1) is 15.0. The number of rotatable bonds is 4. The zero-order chi connectivity index (χ0) is 15.7. The van der Waals surface area contributed by atoms with Gasteiger partial charge in [-0.05, 0) is 25.0 Å². The molecule has 1 unspecified atom stereocenters. The minimum absolute atomic E-state index is 0.136. The molecule has 2 aromatic heterocycles. The summed E-state index contributed by atoms with van der Waals surface area (Å²) in [5, 5.41) is 11.6. The number of carbonyl (C=O) groups is 2. The number of aryl methyl sites for hydroxylation is 1. The third kappa shape index (κ3) is 2.86. The molecule has 21 heavy (non-hydrogen) atoms. The second-order valence-electron chi connectivity index (χ2n) is 5.15. The Kier molecular flexibility index (Phi) is 3.93. The van der Waals surface area contributed by atoms with Gasteiger partial charge in [-0.2, -0.15) is 0 Å². The van der Waals surface area contributed by atoms with Crippen LogP contribution in [0.15, 0.2) is 18.3 Å². The fourth-order valence-corrected chi connectivity index (χ4v) is 2.13. The molecule has 2 N–H and O–H groups in total. The van der Waals surface area contributed by atoms with E-state index < -0.39 is 23.7 Å². The lowest BCUT2D eigenvalue weighted by atomic mass is 10.0. The van der Waals surface area contributed by atoms with Crippen molar-refractivity contribution >= 4 is 17.5 Å². The minimum atomic E-state index is -1.11. The van der Waals surface area contributed by atoms with Crippen molar-refractivity contribution < 1.29 is 19.1 Å². The number of aromatic nitrogens is 2. The summed E-state index contributed by atoms with van der Waals surface area (Å²) in [6, 6.07) is 1.68. The average Bonchev–Trinajstić information content (AvgIpc) is 2.70. The van der Waals surface area contributed by atoms with E-state index in [0.29, 0.717) is 11.3 Å². The number of hydrogen-bond donors (Lipinski definition) is 2. The number of carboxylic acids is 1. The van der Waals surface area contributed by atoms with Gasteiger partial charge < -0.3 is 10.4 Å². The summed E-state index contributed by atoms with van der Waals surface area (Å²) in [7, 11) is 0. The molecule has 0 fully saturated rings. The van der Waals surface area contributed by atoms with Crippen LogP contribution in [0.25, 0.3) is 5.65 Å². The highest BCUT2D eigenvalue weighted by Gasteiger charge is 2.26. The summed E-state index contributed by atoms with van der Waals surface area (Å²) >= 11 is 0. The molecule has 0 bridgehead atoms. The van der Waals surface area contributed by atoms with Crippen LogP contribution in [0, 0.1) is 18.7 Å². The average molecular weight is 293 g/mol. The third-order valence-electron chi connectivity index (χ3n) is 3.19. The molecule has 1 amide bonds. The van der Waals surface area contributed by atoms with Gasteiger partial charge >= 0.3 is 5.97 Å². The lowest BCUT2D eigenvalue weighted by molar-refractivity contribution is -0.140. The minimum Gasteiger partial charge on any atom is -0.480 e. The molecule has 0 aliphatic carbocycles. The molecule has 2 rings (SSSR count). The van der Waals surface area contributed by atoms with Crippen molar-refractivity contribution in [3.05, 3.63) is 35.5 Å². The molecule has 0 saturated heterocycles. The third-order valence-corrected chi connectivity index (χ3v) is 3.19. The number of nitrogens with one attached hydrogen (secondary N) is 1. The maximum Gasteiger partial charge on any atom is 0.326 e. The van der Waals surface area contributed by atoms with Gasteiger partial charge in [0.25, 0.3) is 5.91 Å². The van der Waals surface area contributed by atoms with E-state index in [1.807, 2.05) is 0 Å².